The molecule has 6 nitrogen and oxygen atoms in total. The van der Waals surface area contributed by atoms with Gasteiger partial charge in [0.25, 0.3) is 5.91 Å². The van der Waals surface area contributed by atoms with Crippen molar-refractivity contribution in [3.05, 3.63) is 46.2 Å². The van der Waals surface area contributed by atoms with E-state index >= 15 is 0 Å². The van der Waals surface area contributed by atoms with Gasteiger partial charge < -0.3 is 15.0 Å². The van der Waals surface area contributed by atoms with Crippen LogP contribution in [-0.2, 0) is 4.79 Å². The van der Waals surface area contributed by atoms with Gasteiger partial charge in [0.15, 0.2) is 0 Å². The molecule has 1 saturated heterocycles. The minimum atomic E-state index is -4.72. The number of nitrogens with one attached hydrogen (secondary N) is 1. The molecular formula is C16H13F3N2O4. The molecule has 0 saturated carbocycles. The average Bonchev–Trinajstić information content (AvgIpc) is 2.99. The predicted octanol–water partition coefficient (Wildman–Crippen LogP) is 1.86. The van der Waals surface area contributed by atoms with Crippen molar-refractivity contribution in [2.75, 3.05) is 13.1 Å². The van der Waals surface area contributed by atoms with Gasteiger partial charge in [-0.2, -0.15) is 13.2 Å². The maximum atomic E-state index is 13.1. The molecule has 2 heterocycles. The fourth-order valence-corrected chi connectivity index (χ4v) is 3.08. The van der Waals surface area contributed by atoms with Gasteiger partial charge in [0, 0.05) is 19.2 Å². The van der Waals surface area contributed by atoms with E-state index in [1.165, 1.54) is 18.2 Å². The number of carboxylic acid groups (broad SMARTS) is 1. The highest BCUT2D eigenvalue weighted by Crippen LogP contribution is 2.38. The number of carbonyl (C=O) groups excluding carboxylic acids is 1. The number of fused-ring (bicyclic) bond motifs is 1. The van der Waals surface area contributed by atoms with Crippen molar-refractivity contribution in [1.29, 1.82) is 0 Å². The lowest BCUT2D eigenvalue weighted by atomic mass is 9.96. The minimum Gasteiger partial charge on any atom is -0.481 e. The van der Waals surface area contributed by atoms with Crippen LogP contribution in [0.25, 0.3) is 10.9 Å². The third-order valence-electron chi connectivity index (χ3n) is 4.33. The van der Waals surface area contributed by atoms with E-state index in [-0.39, 0.29) is 11.1 Å². The zero-order chi connectivity index (χ0) is 18.4. The number of pyridine rings is 1. The number of aromatic amines is 1. The van der Waals surface area contributed by atoms with Crippen LogP contribution in [0.15, 0.2) is 35.1 Å². The van der Waals surface area contributed by atoms with E-state index in [4.69, 9.17) is 5.11 Å². The van der Waals surface area contributed by atoms with Crippen LogP contribution in [0.3, 0.4) is 0 Å². The molecule has 2 aromatic rings. The molecule has 0 aliphatic carbocycles. The zero-order valence-electron chi connectivity index (χ0n) is 12.7. The first-order valence-electron chi connectivity index (χ1n) is 7.39. The van der Waals surface area contributed by atoms with Gasteiger partial charge in [-0.1, -0.05) is 12.1 Å². The van der Waals surface area contributed by atoms with Gasteiger partial charge in [-0.3, -0.25) is 14.4 Å². The molecule has 0 bridgehead atoms. The number of rotatable bonds is 2. The Labute approximate surface area is 138 Å². The number of aromatic nitrogens is 1. The van der Waals surface area contributed by atoms with Crippen LogP contribution in [0, 0.1) is 11.8 Å². The molecule has 0 unspecified atom stereocenters. The van der Waals surface area contributed by atoms with Crippen LogP contribution in [-0.4, -0.2) is 46.1 Å². The van der Waals surface area contributed by atoms with Gasteiger partial charge >= 0.3 is 12.1 Å². The SMILES string of the molecule is O=C(O)[C@@H]1CN(C(=O)c2cccc3ccc(=O)[nH]c23)C[C@H]1C(F)(F)F. The largest absolute Gasteiger partial charge is 0.481 e. The Kier molecular flexibility index (Phi) is 4.02. The standard InChI is InChI=1S/C16H13F3N2O4/c17-16(18,19)11-7-21(6-10(11)15(24)25)14(23)9-3-1-2-8-4-5-12(22)20-13(8)9/h1-5,10-11H,6-7H2,(H,20,22)(H,24,25)/t10-,11-/m1/s1. The number of amides is 1. The van der Waals surface area contributed by atoms with E-state index in [9.17, 15) is 27.6 Å². The molecule has 0 spiro atoms. The Balaban J connectivity index is 1.98. The molecule has 1 amide bonds. The average molecular weight is 354 g/mol. The zero-order valence-corrected chi connectivity index (χ0v) is 12.7. The molecule has 0 radical (unpaired) electrons. The van der Waals surface area contributed by atoms with Crippen molar-refractivity contribution < 1.29 is 27.9 Å². The van der Waals surface area contributed by atoms with Crippen LogP contribution in [0.1, 0.15) is 10.4 Å². The van der Waals surface area contributed by atoms with E-state index in [0.29, 0.717) is 5.39 Å². The molecule has 1 fully saturated rings. The van der Waals surface area contributed by atoms with Crippen molar-refractivity contribution in [3.8, 4) is 0 Å². The number of carbonyl (C=O) groups is 2. The number of likely N-dealkylation sites (tertiary alicyclic amines) is 1. The number of hydrogen-bond acceptors (Lipinski definition) is 3. The van der Waals surface area contributed by atoms with E-state index in [0.717, 1.165) is 4.90 Å². The van der Waals surface area contributed by atoms with Gasteiger partial charge in [0.1, 0.15) is 0 Å². The molecule has 2 atom stereocenters. The molecule has 2 N–H and O–H groups in total. The Hall–Kier alpha value is -2.84. The Morgan fingerprint density at radius 1 is 1.16 bits per heavy atom. The highest BCUT2D eigenvalue weighted by molar-refractivity contribution is 6.05. The lowest BCUT2D eigenvalue weighted by Gasteiger charge is -2.18. The van der Waals surface area contributed by atoms with Gasteiger partial charge in [0.05, 0.1) is 22.9 Å². The summed E-state index contributed by atoms with van der Waals surface area (Å²) in [6, 6.07) is 7.34. The van der Waals surface area contributed by atoms with Gasteiger partial charge in [0.2, 0.25) is 5.56 Å². The number of nitrogens with zero attached hydrogens (tertiary/aromatic N) is 1. The first kappa shape index (κ1) is 17.0. The number of carboxylic acids is 1. The second-order valence-corrected chi connectivity index (χ2v) is 5.90. The second-order valence-electron chi connectivity index (χ2n) is 5.90. The maximum Gasteiger partial charge on any atom is 0.394 e. The van der Waals surface area contributed by atoms with Crippen LogP contribution in [0.4, 0.5) is 13.2 Å². The van der Waals surface area contributed by atoms with Crippen molar-refractivity contribution in [2.24, 2.45) is 11.8 Å². The molecule has 1 aliphatic heterocycles. The third-order valence-corrected chi connectivity index (χ3v) is 4.33. The summed E-state index contributed by atoms with van der Waals surface area (Å²) in [7, 11) is 0. The topological polar surface area (TPSA) is 90.5 Å². The number of benzene rings is 1. The normalized spacial score (nSPS) is 20.8. The van der Waals surface area contributed by atoms with Gasteiger partial charge in [-0.05, 0) is 17.5 Å². The van der Waals surface area contributed by atoms with E-state index in [1.807, 2.05) is 0 Å². The summed E-state index contributed by atoms with van der Waals surface area (Å²) in [5, 5.41) is 9.59. The molecule has 9 heteroatoms. The summed E-state index contributed by atoms with van der Waals surface area (Å²) >= 11 is 0. The number of aliphatic carboxylic acids is 1. The Bertz CT molecular complexity index is 906. The van der Waals surface area contributed by atoms with Crippen LogP contribution < -0.4 is 5.56 Å². The molecular weight excluding hydrogens is 341 g/mol. The molecule has 1 aliphatic rings. The maximum absolute atomic E-state index is 13.1. The summed E-state index contributed by atoms with van der Waals surface area (Å²) in [6.07, 6.45) is -4.72. The highest BCUT2D eigenvalue weighted by Gasteiger charge is 2.53. The number of hydrogen-bond donors (Lipinski definition) is 2. The fraction of sp³-hybridized carbons (Fsp3) is 0.312. The van der Waals surface area contributed by atoms with Crippen LogP contribution in [0.5, 0.6) is 0 Å². The number of alkyl halides is 3. The predicted molar refractivity (Wildman–Crippen MR) is 81.1 cm³/mol. The first-order valence-corrected chi connectivity index (χ1v) is 7.39. The smallest absolute Gasteiger partial charge is 0.394 e. The quantitative estimate of drug-likeness (QED) is 0.861. The Morgan fingerprint density at radius 2 is 1.88 bits per heavy atom. The minimum absolute atomic E-state index is 0.0298. The van der Waals surface area contributed by atoms with Crippen LogP contribution >= 0.6 is 0 Å². The lowest BCUT2D eigenvalue weighted by molar-refractivity contribution is -0.187. The summed E-state index contributed by atoms with van der Waals surface area (Å²) in [6.45, 7) is -1.27. The van der Waals surface area contributed by atoms with Crippen molar-refractivity contribution in [2.45, 2.75) is 6.18 Å². The Morgan fingerprint density at radius 3 is 2.48 bits per heavy atom. The molecule has 132 valence electrons. The van der Waals surface area contributed by atoms with Gasteiger partial charge in [-0.15, -0.1) is 0 Å². The van der Waals surface area contributed by atoms with E-state index in [2.05, 4.69) is 4.98 Å². The van der Waals surface area contributed by atoms with E-state index < -0.39 is 48.5 Å². The number of H-pyrrole nitrogens is 1. The monoisotopic (exact) mass is 354 g/mol. The van der Waals surface area contributed by atoms with Crippen molar-refractivity contribution in [3.63, 3.8) is 0 Å². The summed E-state index contributed by atoms with van der Waals surface area (Å²) in [5.41, 5.74) is -0.213. The summed E-state index contributed by atoms with van der Waals surface area (Å²) < 4.78 is 39.2. The number of para-hydroxylation sites is 1. The summed E-state index contributed by atoms with van der Waals surface area (Å²) in [5.74, 6) is -6.17. The molecule has 3 rings (SSSR count). The van der Waals surface area contributed by atoms with Crippen LogP contribution in [0.2, 0.25) is 0 Å². The third kappa shape index (κ3) is 3.09. The van der Waals surface area contributed by atoms with Crippen molar-refractivity contribution in [1.82, 2.24) is 9.88 Å². The van der Waals surface area contributed by atoms with E-state index in [1.54, 1.807) is 12.1 Å². The number of halogens is 3. The first-order chi connectivity index (χ1) is 11.7. The molecule has 1 aromatic heterocycles. The molecule has 25 heavy (non-hydrogen) atoms. The highest BCUT2D eigenvalue weighted by atomic mass is 19.4. The summed E-state index contributed by atoms with van der Waals surface area (Å²) in [4.78, 5) is 38.7. The van der Waals surface area contributed by atoms with Crippen molar-refractivity contribution >= 4 is 22.8 Å². The molecule has 1 aromatic carbocycles. The fourth-order valence-electron chi connectivity index (χ4n) is 3.08. The van der Waals surface area contributed by atoms with Gasteiger partial charge in [-0.25, -0.2) is 0 Å². The second kappa shape index (κ2) is 5.91. The lowest BCUT2D eigenvalue weighted by Crippen LogP contribution is -2.34.